The van der Waals surface area contributed by atoms with Gasteiger partial charge in [0.25, 0.3) is 0 Å². The van der Waals surface area contributed by atoms with Crippen molar-refractivity contribution in [1.82, 2.24) is 10.6 Å². The molecule has 0 aliphatic carbocycles. The number of amides is 2. The third kappa shape index (κ3) is 17.0. The standard InChI is InChI=1S/C52H88N2O41/c1-11(61)53-21-29(69)40(17(7-59)83-45(21)80)91-46-22(54-12(2)62)30(70)41(18(8-60)88-46)92-50-39(79)42(93-52-44(35(75)26(66)16(6-58)87-52)95-49-38(78)32(72)24(64)14(4-56)85-49)28(68)20(90-50)10-81-47-36(76)33(73)27(67)19(89-47)9-82-51-43(34(74)25(65)15(5-57)86-51)94-48-37(77)31(71)23(63)13(3-55)84-48/h13-52,55-60,63-80H,3-10H2,1-2H3,(H,53,61)(H,54,62)/t13-,14-,15-,16-,17-,18-,19-,20-,21-,22-,23-,24-,25-,26-,27-,28-,29-,30-,31+,32+,33+,34+,35+,36+,37+,38+,39+,40-,41-,42+,43+,44+,45?,46+,47+,48-,49-,50+,51+,52-/m1/s1. The summed E-state index contributed by atoms with van der Waals surface area (Å²) in [5.74, 6) is -1.66. The summed E-state index contributed by atoms with van der Waals surface area (Å²) in [6.45, 7) is -6.13. The van der Waals surface area contributed by atoms with Gasteiger partial charge in [-0.25, -0.2) is 0 Å². The van der Waals surface area contributed by atoms with Gasteiger partial charge in [0.15, 0.2) is 50.3 Å². The van der Waals surface area contributed by atoms with E-state index >= 15 is 0 Å². The van der Waals surface area contributed by atoms with Crippen LogP contribution >= 0.6 is 0 Å². The Morgan fingerprint density at radius 3 is 1.05 bits per heavy atom. The molecule has 0 spiro atoms. The smallest absolute Gasteiger partial charge is 0.217 e. The fourth-order valence-electron chi connectivity index (χ4n) is 12.0. The number of rotatable bonds is 24. The van der Waals surface area contributed by atoms with Crippen LogP contribution in [0.5, 0.6) is 0 Å². The second-order valence-corrected chi connectivity index (χ2v) is 23.9. The molecule has 0 aromatic heterocycles. The zero-order valence-corrected chi connectivity index (χ0v) is 50.4. The Morgan fingerprint density at radius 2 is 0.579 bits per heavy atom. The first-order chi connectivity index (χ1) is 44.9. The molecule has 8 rings (SSSR count). The van der Waals surface area contributed by atoms with Crippen molar-refractivity contribution in [1.29, 1.82) is 0 Å². The van der Waals surface area contributed by atoms with Crippen molar-refractivity contribution in [3.05, 3.63) is 0 Å². The molecule has 8 saturated heterocycles. The van der Waals surface area contributed by atoms with Crippen molar-refractivity contribution in [3.63, 3.8) is 0 Å². The van der Waals surface area contributed by atoms with Gasteiger partial charge in [-0.05, 0) is 0 Å². The Bertz CT molecular complexity index is 2380. The van der Waals surface area contributed by atoms with Crippen molar-refractivity contribution in [2.45, 2.75) is 259 Å². The monoisotopic (exact) mass is 1400 g/mol. The van der Waals surface area contributed by atoms with Gasteiger partial charge in [0, 0.05) is 13.8 Å². The second kappa shape index (κ2) is 33.9. The number of hydrogen-bond acceptors (Lipinski definition) is 41. The molecule has 40 atom stereocenters. The van der Waals surface area contributed by atoms with Crippen LogP contribution in [-0.4, -0.2) is 433 Å². The molecule has 552 valence electrons. The van der Waals surface area contributed by atoms with Crippen molar-refractivity contribution in [3.8, 4) is 0 Å². The number of nitrogens with one attached hydrogen (secondary N) is 2. The minimum absolute atomic E-state index is 0.760. The zero-order valence-electron chi connectivity index (χ0n) is 50.4. The van der Waals surface area contributed by atoms with Crippen LogP contribution in [0.4, 0.5) is 0 Å². The Hall–Kier alpha value is -2.62. The van der Waals surface area contributed by atoms with E-state index in [4.69, 9.17) is 71.1 Å². The molecule has 0 radical (unpaired) electrons. The molecule has 2 amide bonds. The predicted molar refractivity (Wildman–Crippen MR) is 288 cm³/mol. The van der Waals surface area contributed by atoms with E-state index in [-0.39, 0.29) is 0 Å². The lowest BCUT2D eigenvalue weighted by molar-refractivity contribution is -0.398. The van der Waals surface area contributed by atoms with Gasteiger partial charge in [-0.1, -0.05) is 0 Å². The Morgan fingerprint density at radius 1 is 0.274 bits per heavy atom. The zero-order chi connectivity index (χ0) is 69.9. The minimum Gasteiger partial charge on any atom is -0.394 e. The van der Waals surface area contributed by atoms with Gasteiger partial charge in [-0.2, -0.15) is 0 Å². The maximum Gasteiger partial charge on any atom is 0.217 e. The minimum atomic E-state index is -2.46. The lowest BCUT2D eigenvalue weighted by Gasteiger charge is -2.50. The first kappa shape index (κ1) is 78.1. The van der Waals surface area contributed by atoms with Crippen LogP contribution in [0.1, 0.15) is 13.8 Å². The largest absolute Gasteiger partial charge is 0.394 e. The molecular weight excluding hydrogens is 1310 g/mol. The molecule has 26 N–H and O–H groups in total. The van der Waals surface area contributed by atoms with Crippen molar-refractivity contribution < 1.29 is 203 Å². The summed E-state index contributed by atoms with van der Waals surface area (Å²) >= 11 is 0. The lowest BCUT2D eigenvalue weighted by Crippen LogP contribution is -2.70. The highest BCUT2D eigenvalue weighted by Gasteiger charge is 2.59. The quantitative estimate of drug-likeness (QED) is 0.0427. The molecule has 95 heavy (non-hydrogen) atoms. The number of carbonyl (C=O) groups is 2. The van der Waals surface area contributed by atoms with Crippen LogP contribution in [-0.2, 0) is 80.6 Å². The summed E-state index contributed by atoms with van der Waals surface area (Å²) in [7, 11) is 0. The van der Waals surface area contributed by atoms with Crippen LogP contribution in [0.3, 0.4) is 0 Å². The molecule has 8 fully saturated rings. The predicted octanol–water partition coefficient (Wildman–Crippen LogP) is -18.2. The molecule has 8 aliphatic rings. The second-order valence-electron chi connectivity index (χ2n) is 23.9. The molecule has 0 saturated carbocycles. The van der Waals surface area contributed by atoms with Gasteiger partial charge in [-0.3, -0.25) is 9.59 Å². The van der Waals surface area contributed by atoms with Gasteiger partial charge >= 0.3 is 0 Å². The van der Waals surface area contributed by atoms with Crippen LogP contribution in [0.25, 0.3) is 0 Å². The summed E-state index contributed by atoms with van der Waals surface area (Å²) in [6, 6.07) is -3.46. The van der Waals surface area contributed by atoms with E-state index in [9.17, 15) is 132 Å². The SMILES string of the molecule is CC(=O)N[C@H]1[C@H](O[C@H]2[C@H](O)[C@@H](NC(C)=O)C(O)O[C@@H]2CO)O[C@H](CO)[C@@H](O[C@@H]2O[C@H](CO[C@H]3O[C@H](CO[C@H]4O[C@H](CO)[C@@H](O)[C@H](O)[C@@H]4O[C@H]4O[C@H](CO)[C@@H](O)[C@H](O)[C@@H]4O)[C@@H](O)[C@H](O)[C@@H]3O)[C@@H](O)[C@H](O[C@H]3O[C@H](CO)[C@@H](O)[C@H](O)[C@@H]3O[C@H]3O[C@H](CO)[C@@H](O)[C@H](O)[C@@H]3O)[C@@H]2O)[C@@H]1O. The summed E-state index contributed by atoms with van der Waals surface area (Å²) in [5.41, 5.74) is 0. The first-order valence-electron chi connectivity index (χ1n) is 30.1. The molecule has 0 bridgehead atoms. The lowest BCUT2D eigenvalue weighted by atomic mass is 9.94. The molecule has 0 aromatic rings. The van der Waals surface area contributed by atoms with E-state index in [1.807, 2.05) is 0 Å². The highest BCUT2D eigenvalue weighted by Crippen LogP contribution is 2.38. The summed E-state index contributed by atoms with van der Waals surface area (Å²) in [4.78, 5) is 24.8. The molecule has 43 heteroatoms. The average molecular weight is 1400 g/mol. The van der Waals surface area contributed by atoms with Gasteiger partial charge in [0.05, 0.1) is 52.9 Å². The summed E-state index contributed by atoms with van der Waals surface area (Å²) in [6.07, 6.45) is -76.9. The number of hydrogen-bond donors (Lipinski definition) is 26. The highest BCUT2D eigenvalue weighted by molar-refractivity contribution is 5.73. The van der Waals surface area contributed by atoms with E-state index in [1.165, 1.54) is 0 Å². The van der Waals surface area contributed by atoms with Crippen molar-refractivity contribution >= 4 is 11.8 Å². The van der Waals surface area contributed by atoms with Crippen LogP contribution in [0.15, 0.2) is 0 Å². The van der Waals surface area contributed by atoms with E-state index in [1.54, 1.807) is 0 Å². The third-order valence-electron chi connectivity index (χ3n) is 17.4. The van der Waals surface area contributed by atoms with Crippen LogP contribution < -0.4 is 10.6 Å². The molecule has 1 unspecified atom stereocenters. The maximum atomic E-state index is 12.8. The first-order valence-corrected chi connectivity index (χ1v) is 30.1. The van der Waals surface area contributed by atoms with Crippen molar-refractivity contribution in [2.24, 2.45) is 0 Å². The molecule has 0 aromatic carbocycles. The third-order valence-corrected chi connectivity index (χ3v) is 17.4. The van der Waals surface area contributed by atoms with E-state index in [0.717, 1.165) is 13.8 Å². The number of aliphatic hydroxyl groups excluding tert-OH is 24. The van der Waals surface area contributed by atoms with E-state index < -0.39 is 310 Å². The summed E-state index contributed by atoms with van der Waals surface area (Å²) < 4.78 is 86.4. The topological polar surface area (TPSA) is 682 Å². The van der Waals surface area contributed by atoms with Crippen molar-refractivity contribution in [2.75, 3.05) is 52.9 Å². The Labute approximate surface area is 536 Å². The molecular formula is C52H88N2O41. The van der Waals surface area contributed by atoms with Gasteiger partial charge < -0.3 is 204 Å². The van der Waals surface area contributed by atoms with Gasteiger partial charge in [0.1, 0.15) is 195 Å². The van der Waals surface area contributed by atoms with Crippen LogP contribution in [0.2, 0.25) is 0 Å². The summed E-state index contributed by atoms with van der Waals surface area (Å²) in [5, 5.41) is 265. The number of aliphatic hydroxyl groups is 24. The molecule has 8 aliphatic heterocycles. The Balaban J connectivity index is 1.07. The highest BCUT2D eigenvalue weighted by atomic mass is 16.8. The van der Waals surface area contributed by atoms with Gasteiger partial charge in [-0.15, -0.1) is 0 Å². The normalized spacial score (nSPS) is 50.8. The van der Waals surface area contributed by atoms with E-state index in [2.05, 4.69) is 10.6 Å². The fourth-order valence-corrected chi connectivity index (χ4v) is 12.0. The Kier molecular flexibility index (Phi) is 27.9. The maximum absolute atomic E-state index is 12.8. The molecule has 43 nitrogen and oxygen atoms in total. The number of ether oxygens (including phenoxy) is 15. The van der Waals surface area contributed by atoms with E-state index in [0.29, 0.717) is 0 Å². The van der Waals surface area contributed by atoms with Gasteiger partial charge in [0.2, 0.25) is 11.8 Å². The fraction of sp³-hybridized carbons (Fsp3) is 0.962. The van der Waals surface area contributed by atoms with Crippen LogP contribution in [0, 0.1) is 0 Å². The average Bonchev–Trinajstić information content (AvgIpc) is 0.883. The number of carbonyl (C=O) groups excluding carboxylic acids is 2. The molecule has 8 heterocycles.